The highest BCUT2D eigenvalue weighted by Gasteiger charge is 2.35. The Morgan fingerprint density at radius 3 is 2.44 bits per heavy atom. The van der Waals surface area contributed by atoms with Crippen LogP contribution in [-0.4, -0.2) is 109 Å². The molecule has 2 saturated heterocycles. The first-order valence-electron chi connectivity index (χ1n) is 15.5. The van der Waals surface area contributed by atoms with Crippen molar-refractivity contribution in [3.63, 3.8) is 0 Å². The zero-order valence-corrected chi connectivity index (χ0v) is 29.0. The minimum atomic E-state index is -0.457. The number of rotatable bonds is 10. The molecule has 0 unspecified atom stereocenters. The molecule has 0 amide bonds. The molecule has 238 valence electrons. The summed E-state index contributed by atoms with van der Waals surface area (Å²) in [6.45, 7) is 11.1. The first kappa shape index (κ1) is 31.7. The second kappa shape index (κ2) is 13.6. The molecule has 45 heavy (non-hydrogen) atoms. The fourth-order valence-corrected chi connectivity index (χ4v) is 8.02. The number of nitrogens with zero attached hydrogens (tertiary/aromatic N) is 7. The molecule has 2 aromatic heterocycles. The van der Waals surface area contributed by atoms with E-state index in [2.05, 4.69) is 92.8 Å². The summed E-state index contributed by atoms with van der Waals surface area (Å²) in [5.41, 5.74) is 6.10. The Kier molecular flexibility index (Phi) is 9.61. The standard InChI is InChI=1S/C33H44N9OPS/c1-21-16-26(28(43-4)17-27(21)41-14-10-22(11-15-41)42-19-23(20-42)40(2)3)38-33-36-18-29(45-7)32(39-33)37-25-9-8-24-30(31(25)44(5)6)35-13-12-34-24/h8-9,12-13,16-18,22-23H,10-11,14-15,19-20H2,1-7H3,(H2,36,37,38,39). The minimum Gasteiger partial charge on any atom is -0.494 e. The third kappa shape index (κ3) is 6.68. The summed E-state index contributed by atoms with van der Waals surface area (Å²) in [5, 5.41) is 8.23. The van der Waals surface area contributed by atoms with Crippen LogP contribution in [0.5, 0.6) is 5.75 Å². The molecule has 10 nitrogen and oxygen atoms in total. The van der Waals surface area contributed by atoms with Crippen LogP contribution >= 0.6 is 19.7 Å². The number of anilines is 5. The van der Waals surface area contributed by atoms with Crippen molar-refractivity contribution in [2.75, 3.05) is 82.5 Å². The predicted octanol–water partition coefficient (Wildman–Crippen LogP) is 5.53. The number of nitrogens with one attached hydrogen (secondary N) is 2. The number of aryl methyl sites for hydroxylation is 1. The zero-order valence-electron chi connectivity index (χ0n) is 27.3. The summed E-state index contributed by atoms with van der Waals surface area (Å²) in [6, 6.07) is 9.78. The average molecular weight is 646 g/mol. The molecule has 2 aliphatic heterocycles. The van der Waals surface area contributed by atoms with Crippen LogP contribution in [0.3, 0.4) is 0 Å². The zero-order chi connectivity index (χ0) is 31.7. The van der Waals surface area contributed by atoms with Crippen molar-refractivity contribution in [1.29, 1.82) is 0 Å². The van der Waals surface area contributed by atoms with Crippen molar-refractivity contribution in [2.24, 2.45) is 0 Å². The molecule has 4 heterocycles. The highest BCUT2D eigenvalue weighted by atomic mass is 32.2. The number of benzene rings is 2. The third-order valence-corrected chi connectivity index (χ3v) is 11.1. The summed E-state index contributed by atoms with van der Waals surface area (Å²) in [7, 11) is 5.64. The van der Waals surface area contributed by atoms with Crippen molar-refractivity contribution >= 4 is 64.8 Å². The summed E-state index contributed by atoms with van der Waals surface area (Å²) < 4.78 is 5.89. The van der Waals surface area contributed by atoms with Gasteiger partial charge in [-0.05, 0) is 77.2 Å². The Labute approximate surface area is 272 Å². The van der Waals surface area contributed by atoms with Gasteiger partial charge in [0.25, 0.3) is 0 Å². The number of methoxy groups -OCH3 is 1. The Morgan fingerprint density at radius 1 is 1.00 bits per heavy atom. The van der Waals surface area contributed by atoms with Gasteiger partial charge in [0.05, 0.1) is 28.7 Å². The molecular formula is C33H44N9OPS. The van der Waals surface area contributed by atoms with Crippen LogP contribution in [0, 0.1) is 6.92 Å². The van der Waals surface area contributed by atoms with Gasteiger partial charge < -0.3 is 25.2 Å². The molecule has 0 bridgehead atoms. The molecule has 0 aliphatic carbocycles. The fourth-order valence-electron chi connectivity index (χ4n) is 6.36. The smallest absolute Gasteiger partial charge is 0.229 e. The molecule has 0 saturated carbocycles. The quantitative estimate of drug-likeness (QED) is 0.169. The Bertz CT molecular complexity index is 1660. The van der Waals surface area contributed by atoms with Crippen LogP contribution in [-0.2, 0) is 0 Å². The first-order valence-corrected chi connectivity index (χ1v) is 18.9. The molecule has 0 spiro atoms. The van der Waals surface area contributed by atoms with Crippen molar-refractivity contribution in [3.8, 4) is 5.75 Å². The third-order valence-electron chi connectivity index (χ3n) is 9.00. The van der Waals surface area contributed by atoms with Crippen LogP contribution in [0.2, 0.25) is 0 Å². The minimum absolute atomic E-state index is 0.457. The maximum absolute atomic E-state index is 5.89. The highest BCUT2D eigenvalue weighted by Crippen LogP contribution is 2.38. The molecule has 2 N–H and O–H groups in total. The molecule has 2 aliphatic rings. The number of thioether (sulfide) groups is 1. The molecular weight excluding hydrogens is 601 g/mol. The van der Waals surface area contributed by atoms with Crippen molar-refractivity contribution in [2.45, 2.75) is 36.7 Å². The van der Waals surface area contributed by atoms with E-state index in [1.165, 1.54) is 42.5 Å². The SMILES string of the molecule is COc1cc(N2CCC(N3CC(N(C)C)C3)CC2)c(C)cc1Nc1ncc(SC)c(Nc2ccc3nccnc3c2P(C)C)n1. The second-order valence-corrected chi connectivity index (χ2v) is 15.4. The summed E-state index contributed by atoms with van der Waals surface area (Å²) in [5.74, 6) is 2.03. The van der Waals surface area contributed by atoms with E-state index in [0.717, 1.165) is 52.0 Å². The maximum Gasteiger partial charge on any atom is 0.229 e. The number of aromatic nitrogens is 4. The van der Waals surface area contributed by atoms with Gasteiger partial charge in [-0.3, -0.25) is 14.9 Å². The van der Waals surface area contributed by atoms with Crippen LogP contribution < -0.4 is 25.6 Å². The molecule has 0 atom stereocenters. The van der Waals surface area contributed by atoms with E-state index in [1.54, 1.807) is 31.3 Å². The van der Waals surface area contributed by atoms with E-state index in [9.17, 15) is 0 Å². The number of piperidine rings is 1. The van der Waals surface area contributed by atoms with Crippen molar-refractivity contribution in [1.82, 2.24) is 29.7 Å². The Hall–Kier alpha value is -3.24. The monoisotopic (exact) mass is 645 g/mol. The van der Waals surface area contributed by atoms with Gasteiger partial charge in [0.1, 0.15) is 11.6 Å². The van der Waals surface area contributed by atoms with Gasteiger partial charge in [0.2, 0.25) is 5.95 Å². The van der Waals surface area contributed by atoms with Crippen molar-refractivity contribution in [3.05, 3.63) is 48.4 Å². The number of likely N-dealkylation sites (tertiary alicyclic amines) is 1. The lowest BCUT2D eigenvalue weighted by molar-refractivity contribution is 0.0188. The van der Waals surface area contributed by atoms with E-state index in [0.29, 0.717) is 18.0 Å². The van der Waals surface area contributed by atoms with Crippen LogP contribution in [0.1, 0.15) is 18.4 Å². The number of hydrogen-bond acceptors (Lipinski definition) is 11. The van der Waals surface area contributed by atoms with Crippen LogP contribution in [0.15, 0.2) is 47.8 Å². The maximum atomic E-state index is 5.89. The van der Waals surface area contributed by atoms with Crippen molar-refractivity contribution < 1.29 is 4.74 Å². The van der Waals surface area contributed by atoms with Gasteiger partial charge in [-0.15, -0.1) is 11.8 Å². The lowest BCUT2D eigenvalue weighted by Crippen LogP contribution is -2.62. The lowest BCUT2D eigenvalue weighted by atomic mass is 9.96. The molecule has 2 aromatic carbocycles. The van der Waals surface area contributed by atoms with E-state index in [4.69, 9.17) is 9.72 Å². The summed E-state index contributed by atoms with van der Waals surface area (Å²) in [6.07, 6.45) is 9.77. The van der Waals surface area contributed by atoms with Gasteiger partial charge >= 0.3 is 0 Å². The molecule has 2 fully saturated rings. The number of likely N-dealkylation sites (N-methyl/N-ethyl adjacent to an activating group) is 1. The van der Waals surface area contributed by atoms with Gasteiger partial charge in [-0.1, -0.05) is 7.92 Å². The van der Waals surface area contributed by atoms with Gasteiger partial charge in [0.15, 0.2) is 0 Å². The van der Waals surface area contributed by atoms with E-state index < -0.39 is 7.92 Å². The average Bonchev–Trinajstić information content (AvgIpc) is 3.00. The number of fused-ring (bicyclic) bond motifs is 1. The Balaban J connectivity index is 1.20. The summed E-state index contributed by atoms with van der Waals surface area (Å²) >= 11 is 1.61. The van der Waals surface area contributed by atoms with E-state index in [1.807, 2.05) is 18.5 Å². The molecule has 12 heteroatoms. The summed E-state index contributed by atoms with van der Waals surface area (Å²) in [4.78, 5) is 27.2. The number of ether oxygens (including phenoxy) is 1. The Morgan fingerprint density at radius 2 is 1.76 bits per heavy atom. The van der Waals surface area contributed by atoms with Gasteiger partial charge in [0, 0.05) is 79.6 Å². The van der Waals surface area contributed by atoms with E-state index >= 15 is 0 Å². The molecule has 6 rings (SSSR count). The topological polar surface area (TPSA) is 94.6 Å². The largest absolute Gasteiger partial charge is 0.494 e. The highest BCUT2D eigenvalue weighted by molar-refractivity contribution is 7.98. The van der Waals surface area contributed by atoms with E-state index in [-0.39, 0.29) is 0 Å². The fraction of sp³-hybridized carbons (Fsp3) is 0.455. The first-order chi connectivity index (χ1) is 21.7. The lowest BCUT2D eigenvalue weighted by Gasteiger charge is -2.49. The van der Waals surface area contributed by atoms with Gasteiger partial charge in [-0.25, -0.2) is 4.98 Å². The normalized spacial score (nSPS) is 16.4. The second-order valence-electron chi connectivity index (χ2n) is 12.3. The molecule has 0 radical (unpaired) electrons. The predicted molar refractivity (Wildman–Crippen MR) is 190 cm³/mol. The van der Waals surface area contributed by atoms with Gasteiger partial charge in [-0.2, -0.15) is 4.98 Å². The van der Waals surface area contributed by atoms with Crippen LogP contribution in [0.4, 0.5) is 28.8 Å². The molecule has 4 aromatic rings. The van der Waals surface area contributed by atoms with Crippen LogP contribution in [0.25, 0.3) is 11.0 Å². The number of hydrogen-bond donors (Lipinski definition) is 2.